The highest BCUT2D eigenvalue weighted by atomic mass is 16.7. The zero-order valence-corrected chi connectivity index (χ0v) is 52.6. The van der Waals surface area contributed by atoms with E-state index in [0.29, 0.717) is 76.6 Å². The topological polar surface area (TPSA) is 270 Å². The molecule has 482 valence electrons. The predicted molar refractivity (Wildman–Crippen MR) is 335 cm³/mol. The number of benzene rings is 3. The highest BCUT2D eigenvalue weighted by Gasteiger charge is 2.78. The number of carbonyl (C=O) groups is 6. The number of amides is 4. The van der Waals surface area contributed by atoms with Crippen molar-refractivity contribution in [2.45, 2.75) is 142 Å². The zero-order valence-electron chi connectivity index (χ0n) is 52.6. The molecule has 2 heterocycles. The lowest BCUT2D eigenvalue weighted by Crippen LogP contribution is -2.66. The van der Waals surface area contributed by atoms with E-state index in [2.05, 4.69) is 60.2 Å². The third-order valence-corrected chi connectivity index (χ3v) is 19.6. The molecule has 9 rings (SSSR count). The second-order valence-corrected chi connectivity index (χ2v) is 25.7. The van der Waals surface area contributed by atoms with Crippen molar-refractivity contribution in [3.05, 3.63) is 119 Å². The van der Waals surface area contributed by atoms with E-state index in [1.165, 1.54) is 5.56 Å². The Morgan fingerprint density at radius 1 is 0.798 bits per heavy atom. The summed E-state index contributed by atoms with van der Waals surface area (Å²) in [5.74, 6) is -2.61. The molecule has 2 aliphatic heterocycles. The van der Waals surface area contributed by atoms with Gasteiger partial charge in [-0.15, -0.1) is 0 Å². The number of fused-ring (bicyclic) bond motifs is 9. The first-order valence-electron chi connectivity index (χ1n) is 31.6. The quantitative estimate of drug-likeness (QED) is 0.0300. The minimum absolute atomic E-state index is 0.00228. The number of allylic oxidation sites excluding steroid dienone is 5. The maximum absolute atomic E-state index is 14.1. The lowest BCUT2D eigenvalue weighted by molar-refractivity contribution is -0.220. The van der Waals surface area contributed by atoms with Crippen LogP contribution in [0.25, 0.3) is 11.6 Å². The van der Waals surface area contributed by atoms with Crippen LogP contribution in [-0.2, 0) is 63.6 Å². The lowest BCUT2D eigenvalue weighted by Gasteiger charge is -2.64. The fourth-order valence-corrected chi connectivity index (χ4v) is 15.2. The average molecular weight is 1230 g/mol. The summed E-state index contributed by atoms with van der Waals surface area (Å²) in [6.45, 7) is 16.0. The molecule has 20 nitrogen and oxygen atoms in total. The van der Waals surface area contributed by atoms with Crippen LogP contribution in [-0.4, -0.2) is 159 Å². The Morgan fingerprint density at radius 3 is 2.18 bits per heavy atom. The van der Waals surface area contributed by atoms with Crippen LogP contribution in [0.1, 0.15) is 122 Å². The summed E-state index contributed by atoms with van der Waals surface area (Å²) in [5.41, 5.74) is 3.95. The molecule has 7 N–H and O–H groups in total. The van der Waals surface area contributed by atoms with E-state index >= 15 is 0 Å². The number of ketones is 2. The van der Waals surface area contributed by atoms with Crippen LogP contribution in [0.4, 0.5) is 11.4 Å². The van der Waals surface area contributed by atoms with Gasteiger partial charge in [-0.2, -0.15) is 0 Å². The van der Waals surface area contributed by atoms with Gasteiger partial charge in [0, 0.05) is 59.5 Å². The van der Waals surface area contributed by atoms with Crippen LogP contribution in [0, 0.1) is 34.0 Å². The van der Waals surface area contributed by atoms with E-state index in [9.17, 15) is 44.1 Å². The second kappa shape index (κ2) is 29.3. The van der Waals surface area contributed by atoms with Crippen molar-refractivity contribution in [2.24, 2.45) is 34.0 Å². The van der Waals surface area contributed by atoms with Crippen molar-refractivity contribution in [1.29, 1.82) is 0 Å². The Labute approximate surface area is 522 Å². The standard InChI is InChI=1S/C69H91N5O15/c1-43(2)61(73-59(80)25-30-84-32-34-86-36-37-87-35-33-85-31-28-70-58(79)20-21-60(81)74-29-24-46-12-8-9-13-48(46)38-44(3)52-14-10-11-15-53(52)74)64(83)71-45(4)63(82)72-50-18-16-47(17-19-50)65-88-57-40-55-67(6)26-22-49-39-51(76)23-27-66(49,5)62(67)54(77)41-68(55,7)69(57,89-65)56(78)42-75/h8-19,23,27,38-39,43,45,54-55,57-58,61-62,65,70,75,77,79H,20-22,24-26,28-37,40-42H2,1-7H3,(H,71,83)(H,72,82)(H,73,80)/b44-38-/t45-,54+,55+,57-,58?,61-,62-,65-,66+,67+,68+,69-/m0/s1. The molecule has 89 heavy (non-hydrogen) atoms. The molecule has 4 aliphatic carbocycles. The average Bonchev–Trinajstić information content (AvgIpc) is 1.56. The summed E-state index contributed by atoms with van der Waals surface area (Å²) in [5, 5.41) is 44.5. The Balaban J connectivity index is 0.615. The van der Waals surface area contributed by atoms with Crippen LogP contribution in [0.2, 0.25) is 0 Å². The highest BCUT2D eigenvalue weighted by Crippen LogP contribution is 2.74. The van der Waals surface area contributed by atoms with E-state index in [-0.39, 0.29) is 74.9 Å². The fourth-order valence-electron chi connectivity index (χ4n) is 15.2. The van der Waals surface area contributed by atoms with Gasteiger partial charge in [0.1, 0.15) is 24.9 Å². The van der Waals surface area contributed by atoms with Gasteiger partial charge in [-0.05, 0) is 117 Å². The van der Waals surface area contributed by atoms with Crippen molar-refractivity contribution in [3.63, 3.8) is 0 Å². The van der Waals surface area contributed by atoms with E-state index < -0.39 is 88.8 Å². The monoisotopic (exact) mass is 1230 g/mol. The number of ether oxygens (including phenoxy) is 6. The highest BCUT2D eigenvalue weighted by molar-refractivity contribution is 6.02. The number of nitrogens with zero attached hydrogens (tertiary/aromatic N) is 1. The predicted octanol–water partition coefficient (Wildman–Crippen LogP) is 6.56. The van der Waals surface area contributed by atoms with Gasteiger partial charge in [-0.3, -0.25) is 34.1 Å². The molecule has 0 aromatic heterocycles. The van der Waals surface area contributed by atoms with Gasteiger partial charge in [0.15, 0.2) is 23.5 Å². The molecule has 12 atom stereocenters. The van der Waals surface area contributed by atoms with Crippen molar-refractivity contribution < 1.29 is 72.5 Å². The Bertz CT molecular complexity index is 3130. The largest absolute Gasteiger partial charge is 0.393 e. The third-order valence-electron chi connectivity index (χ3n) is 19.6. The van der Waals surface area contributed by atoms with Crippen LogP contribution in [0.3, 0.4) is 0 Å². The van der Waals surface area contributed by atoms with Gasteiger partial charge in [0.25, 0.3) is 0 Å². The molecule has 4 fully saturated rings. The maximum Gasteiger partial charge on any atom is 0.246 e. The Kier molecular flexibility index (Phi) is 22.1. The summed E-state index contributed by atoms with van der Waals surface area (Å²) in [6, 6.07) is 21.1. The zero-order chi connectivity index (χ0) is 63.7. The minimum atomic E-state index is -1.53. The molecule has 3 aromatic rings. The van der Waals surface area contributed by atoms with E-state index in [4.69, 9.17) is 28.4 Å². The van der Waals surface area contributed by atoms with Gasteiger partial charge >= 0.3 is 0 Å². The first-order valence-corrected chi connectivity index (χ1v) is 31.6. The molecular formula is C69H91N5O15. The van der Waals surface area contributed by atoms with Gasteiger partial charge < -0.3 is 64.6 Å². The smallest absolute Gasteiger partial charge is 0.246 e. The number of hydrogen-bond acceptors (Lipinski definition) is 16. The number of aliphatic hydroxyl groups excluding tert-OH is 3. The Hall–Kier alpha value is -6.30. The number of rotatable bonds is 28. The number of nitrogens with one attached hydrogen (secondary N) is 4. The maximum atomic E-state index is 14.1. The minimum Gasteiger partial charge on any atom is -0.393 e. The van der Waals surface area contributed by atoms with E-state index in [1.54, 1.807) is 57.2 Å². The molecule has 0 spiro atoms. The summed E-state index contributed by atoms with van der Waals surface area (Å²) in [6.07, 6.45) is 7.35. The number of anilines is 2. The summed E-state index contributed by atoms with van der Waals surface area (Å²) >= 11 is 0. The van der Waals surface area contributed by atoms with Crippen LogP contribution in [0.5, 0.6) is 0 Å². The number of carbonyl (C=O) groups excluding carboxylic acids is 6. The van der Waals surface area contributed by atoms with Gasteiger partial charge in [0.2, 0.25) is 23.6 Å². The number of aliphatic hydroxyl groups is 3. The number of para-hydroxylation sites is 1. The molecule has 1 saturated heterocycles. The first-order chi connectivity index (χ1) is 42.6. The van der Waals surface area contributed by atoms with Gasteiger partial charge in [-0.1, -0.05) is 107 Å². The lowest BCUT2D eigenvalue weighted by atomic mass is 9.40. The van der Waals surface area contributed by atoms with E-state index in [0.717, 1.165) is 34.4 Å². The molecule has 3 aromatic carbocycles. The van der Waals surface area contributed by atoms with Crippen molar-refractivity contribution in [3.8, 4) is 0 Å². The van der Waals surface area contributed by atoms with E-state index in [1.807, 2.05) is 54.3 Å². The first kappa shape index (κ1) is 67.1. The van der Waals surface area contributed by atoms with Crippen LogP contribution < -0.4 is 26.2 Å². The van der Waals surface area contributed by atoms with Gasteiger partial charge in [0.05, 0.1) is 70.8 Å². The molecular weight excluding hydrogens is 1140 g/mol. The van der Waals surface area contributed by atoms with Crippen molar-refractivity contribution >= 4 is 58.2 Å². The molecule has 3 saturated carbocycles. The summed E-state index contributed by atoms with van der Waals surface area (Å²) in [7, 11) is 0. The van der Waals surface area contributed by atoms with Crippen molar-refractivity contribution in [1.82, 2.24) is 16.0 Å². The molecule has 0 bridgehead atoms. The normalized spacial score (nSPS) is 28.4. The molecule has 6 aliphatic rings. The fraction of sp³-hybridized carbons (Fsp3) is 0.565. The molecule has 1 unspecified atom stereocenters. The van der Waals surface area contributed by atoms with Crippen LogP contribution in [0.15, 0.2) is 96.6 Å². The number of hydrogen-bond donors (Lipinski definition) is 7. The van der Waals surface area contributed by atoms with Crippen LogP contribution >= 0.6 is 0 Å². The molecule has 20 heteroatoms. The third kappa shape index (κ3) is 14.6. The number of Topliss-reactive ketones (excluding diaryl/α,β-unsaturated/α-hetero) is 1. The van der Waals surface area contributed by atoms with Crippen molar-refractivity contribution in [2.75, 3.05) is 82.8 Å². The molecule has 4 amide bonds. The summed E-state index contributed by atoms with van der Waals surface area (Å²) in [4.78, 5) is 81.7. The Morgan fingerprint density at radius 2 is 1.47 bits per heavy atom. The van der Waals surface area contributed by atoms with Gasteiger partial charge in [-0.25, -0.2) is 0 Å². The second-order valence-electron chi connectivity index (χ2n) is 25.7. The molecule has 0 radical (unpaired) electrons. The summed E-state index contributed by atoms with van der Waals surface area (Å²) < 4.78 is 35.8. The SMILES string of the molecule is C/C1=C/c2ccccc2CCN(C(=O)CCC(O)NCCOCCOCCOCCOCCC(=O)N[C@H](C(=O)N[C@@H](C)C(=O)Nc2ccc([C@H]3O[C@H]4C[C@@H]5[C@@]6(C)CCC7=CC(=O)C=C[C@@]7(C)[C@@H]6[C@H](O)C[C@@]5(C)[C@@]4(C(=O)CO)O3)cc2)C(C)C)c2ccccc21.